The summed E-state index contributed by atoms with van der Waals surface area (Å²) < 4.78 is 14.1. The van der Waals surface area contributed by atoms with Crippen molar-refractivity contribution in [1.29, 1.82) is 0 Å². The first-order chi connectivity index (χ1) is 14.9. The number of rotatable bonds is 5. The molecule has 4 rings (SSSR count). The first kappa shape index (κ1) is 22.8. The van der Waals surface area contributed by atoms with Crippen LogP contribution in [0.1, 0.15) is 16.7 Å². The average molecular weight is 721 g/mol. The molecule has 8 heteroatoms. The molecule has 3 aromatic carbocycles. The topological polar surface area (TPSA) is 47.9 Å². The first-order valence-electron chi connectivity index (χ1n) is 9.04. The number of nitrogens with zero attached hydrogens (tertiary/aromatic N) is 1. The zero-order valence-electron chi connectivity index (χ0n) is 15.7. The number of carbonyl (C=O) groups is 1. The fraction of sp³-hybridized carbons (Fsp3) is 0.0435. The van der Waals surface area contributed by atoms with Gasteiger partial charge in [-0.1, -0.05) is 45.7 Å². The van der Waals surface area contributed by atoms with Gasteiger partial charge in [-0.05, 0) is 105 Å². The Morgan fingerprint density at radius 3 is 2.52 bits per heavy atom. The monoisotopic (exact) mass is 719 g/mol. The van der Waals surface area contributed by atoms with Gasteiger partial charge in [0.15, 0.2) is 5.70 Å². The van der Waals surface area contributed by atoms with Gasteiger partial charge in [0.1, 0.15) is 12.4 Å². The van der Waals surface area contributed by atoms with Crippen LogP contribution in [-0.2, 0) is 16.1 Å². The summed E-state index contributed by atoms with van der Waals surface area (Å²) in [6.07, 6.45) is 1.72. The summed E-state index contributed by atoms with van der Waals surface area (Å²) in [5.74, 6) is 0.611. The van der Waals surface area contributed by atoms with Gasteiger partial charge in [0.05, 0.1) is 7.14 Å². The zero-order chi connectivity index (χ0) is 22.0. The molecule has 0 radical (unpaired) electrons. The fourth-order valence-electron chi connectivity index (χ4n) is 2.89. The van der Waals surface area contributed by atoms with Crippen LogP contribution < -0.4 is 4.74 Å². The highest BCUT2D eigenvalue weighted by atomic mass is 127. The molecular formula is C23H13BrClI2NO3. The van der Waals surface area contributed by atoms with Crippen molar-refractivity contribution >= 4 is 90.7 Å². The van der Waals surface area contributed by atoms with Crippen LogP contribution in [0.4, 0.5) is 0 Å². The molecule has 0 unspecified atom stereocenters. The van der Waals surface area contributed by atoms with E-state index in [2.05, 4.69) is 66.1 Å². The van der Waals surface area contributed by atoms with Gasteiger partial charge >= 0.3 is 5.97 Å². The summed E-state index contributed by atoms with van der Waals surface area (Å²) in [7, 11) is 0. The van der Waals surface area contributed by atoms with Crippen molar-refractivity contribution in [3.63, 3.8) is 0 Å². The number of halogens is 4. The molecule has 0 aliphatic carbocycles. The largest absolute Gasteiger partial charge is 0.487 e. The van der Waals surface area contributed by atoms with Crippen LogP contribution in [0, 0.1) is 7.14 Å². The Labute approximate surface area is 220 Å². The second-order valence-electron chi connectivity index (χ2n) is 6.58. The molecule has 0 saturated heterocycles. The number of aliphatic imine (C=N–C) groups is 1. The maximum Gasteiger partial charge on any atom is 0.363 e. The van der Waals surface area contributed by atoms with Gasteiger partial charge in [0, 0.05) is 15.1 Å². The third-order valence-electron chi connectivity index (χ3n) is 4.29. The van der Waals surface area contributed by atoms with Crippen LogP contribution in [0.2, 0.25) is 5.02 Å². The van der Waals surface area contributed by atoms with Gasteiger partial charge in [-0.15, -0.1) is 0 Å². The molecule has 4 nitrogen and oxygen atoms in total. The van der Waals surface area contributed by atoms with Crippen LogP contribution in [0.25, 0.3) is 6.08 Å². The third-order valence-corrected chi connectivity index (χ3v) is 6.62. The number of benzene rings is 3. The Kier molecular flexibility index (Phi) is 7.35. The summed E-state index contributed by atoms with van der Waals surface area (Å²) >= 11 is 13.9. The minimum absolute atomic E-state index is 0.258. The number of ether oxygens (including phenoxy) is 2. The van der Waals surface area contributed by atoms with Crippen molar-refractivity contribution in [3.8, 4) is 5.75 Å². The van der Waals surface area contributed by atoms with Gasteiger partial charge in [-0.25, -0.2) is 9.79 Å². The van der Waals surface area contributed by atoms with E-state index in [1.54, 1.807) is 6.08 Å². The Morgan fingerprint density at radius 2 is 1.81 bits per heavy atom. The minimum Gasteiger partial charge on any atom is -0.487 e. The molecule has 1 heterocycles. The van der Waals surface area contributed by atoms with E-state index in [1.165, 1.54) is 0 Å². The molecule has 0 spiro atoms. The van der Waals surface area contributed by atoms with Crippen molar-refractivity contribution in [2.75, 3.05) is 0 Å². The number of carbonyl (C=O) groups excluding carboxylic acids is 1. The Balaban J connectivity index is 1.56. The van der Waals surface area contributed by atoms with E-state index in [1.807, 2.05) is 60.7 Å². The fourth-order valence-corrected chi connectivity index (χ4v) is 5.63. The number of cyclic esters (lactones) is 1. The molecule has 156 valence electrons. The van der Waals surface area contributed by atoms with Crippen molar-refractivity contribution in [2.45, 2.75) is 6.61 Å². The molecule has 3 aromatic rings. The lowest BCUT2D eigenvalue weighted by atomic mass is 10.2. The minimum atomic E-state index is -0.471. The van der Waals surface area contributed by atoms with E-state index in [4.69, 9.17) is 21.1 Å². The molecule has 1 aliphatic rings. The summed E-state index contributed by atoms with van der Waals surface area (Å²) in [5, 5.41) is 0.679. The van der Waals surface area contributed by atoms with E-state index >= 15 is 0 Å². The van der Waals surface area contributed by atoms with Crippen LogP contribution in [0.5, 0.6) is 5.75 Å². The van der Waals surface area contributed by atoms with Gasteiger partial charge in [0.25, 0.3) is 0 Å². The number of hydrogen-bond acceptors (Lipinski definition) is 4. The highest BCUT2D eigenvalue weighted by molar-refractivity contribution is 14.1. The van der Waals surface area contributed by atoms with Gasteiger partial charge in [0.2, 0.25) is 5.90 Å². The predicted octanol–water partition coefficient (Wildman–Crippen LogP) is 7.24. The smallest absolute Gasteiger partial charge is 0.363 e. The Bertz CT molecular complexity index is 1220. The predicted molar refractivity (Wildman–Crippen MR) is 142 cm³/mol. The van der Waals surface area contributed by atoms with Crippen LogP contribution in [0.3, 0.4) is 0 Å². The second-order valence-corrected chi connectivity index (χ2v) is 10.3. The normalized spacial score (nSPS) is 14.5. The first-order valence-corrected chi connectivity index (χ1v) is 12.4. The molecule has 31 heavy (non-hydrogen) atoms. The molecule has 0 atom stereocenters. The maximum absolute atomic E-state index is 12.3. The van der Waals surface area contributed by atoms with Crippen molar-refractivity contribution in [2.24, 2.45) is 4.99 Å². The van der Waals surface area contributed by atoms with Crippen molar-refractivity contribution in [3.05, 3.63) is 99.7 Å². The highest BCUT2D eigenvalue weighted by Gasteiger charge is 2.24. The lowest BCUT2D eigenvalue weighted by Crippen LogP contribution is -2.05. The Hall–Kier alpha value is -1.43. The van der Waals surface area contributed by atoms with Crippen molar-refractivity contribution in [1.82, 2.24) is 0 Å². The standard InChI is InChI=1S/C23H13BrClI2NO3/c24-16-5-2-4-15(11-16)22-28-20(23(29)31-22)10-14-8-18(26)21(19(27)9-14)30-12-13-3-1-6-17(25)7-13/h1-11H,12H2/b20-10-. The quantitative estimate of drug-likeness (QED) is 0.159. The molecular weight excluding hydrogens is 707 g/mol. The third kappa shape index (κ3) is 5.68. The number of esters is 1. The Morgan fingerprint density at radius 1 is 1.06 bits per heavy atom. The molecule has 1 aliphatic heterocycles. The lowest BCUT2D eigenvalue weighted by Gasteiger charge is -2.12. The molecule has 0 bridgehead atoms. The summed E-state index contributed by atoms with van der Waals surface area (Å²) in [6, 6.07) is 18.9. The van der Waals surface area contributed by atoms with E-state index in [0.717, 1.165) is 34.1 Å². The van der Waals surface area contributed by atoms with E-state index in [9.17, 15) is 4.79 Å². The SMILES string of the molecule is O=C1OC(c2cccc(Br)c2)=N/C1=C\c1cc(I)c(OCc2cccc(Cl)c2)c(I)c1. The molecule has 0 aromatic heterocycles. The molecule has 0 N–H and O–H groups in total. The van der Waals surface area contributed by atoms with Gasteiger partial charge in [-0.2, -0.15) is 0 Å². The van der Waals surface area contributed by atoms with Crippen molar-refractivity contribution < 1.29 is 14.3 Å². The summed E-state index contributed by atoms with van der Waals surface area (Å²) in [6.45, 7) is 0.416. The average Bonchev–Trinajstić information content (AvgIpc) is 3.08. The van der Waals surface area contributed by atoms with Gasteiger partial charge in [-0.3, -0.25) is 0 Å². The highest BCUT2D eigenvalue weighted by Crippen LogP contribution is 2.31. The van der Waals surface area contributed by atoms with E-state index in [0.29, 0.717) is 17.5 Å². The number of hydrogen-bond donors (Lipinski definition) is 0. The van der Waals surface area contributed by atoms with E-state index < -0.39 is 5.97 Å². The van der Waals surface area contributed by atoms with E-state index in [-0.39, 0.29) is 5.70 Å². The molecule has 0 fully saturated rings. The van der Waals surface area contributed by atoms with Crippen LogP contribution in [0.15, 0.2) is 75.8 Å². The summed E-state index contributed by atoms with van der Waals surface area (Å²) in [5.41, 5.74) is 2.83. The summed E-state index contributed by atoms with van der Waals surface area (Å²) in [4.78, 5) is 16.7. The lowest BCUT2D eigenvalue weighted by molar-refractivity contribution is -0.129. The molecule has 0 saturated carbocycles. The molecule has 0 amide bonds. The second kappa shape index (κ2) is 10.0. The van der Waals surface area contributed by atoms with Gasteiger partial charge < -0.3 is 9.47 Å². The van der Waals surface area contributed by atoms with Crippen LogP contribution >= 0.6 is 72.7 Å². The zero-order valence-corrected chi connectivity index (χ0v) is 22.4. The maximum atomic E-state index is 12.3. The van der Waals surface area contributed by atoms with Crippen LogP contribution in [-0.4, -0.2) is 11.9 Å².